The number of aromatic nitrogens is 1. The molecule has 1 fully saturated rings. The number of carbonyl (C=O) groups is 2. The molecule has 0 atom stereocenters. The van der Waals surface area contributed by atoms with Crippen molar-refractivity contribution in [1.29, 1.82) is 0 Å². The van der Waals surface area contributed by atoms with Gasteiger partial charge in [0.05, 0.1) is 5.52 Å². The number of nitrogens with zero attached hydrogens (tertiary/aromatic N) is 3. The molecule has 1 aliphatic heterocycles. The number of benzene rings is 3. The Hall–Kier alpha value is -4.29. The first kappa shape index (κ1) is 25.4. The van der Waals surface area contributed by atoms with Gasteiger partial charge >= 0.3 is 0 Å². The highest BCUT2D eigenvalue weighted by atomic mass is 32.1. The molecule has 1 saturated heterocycles. The first-order valence-electron chi connectivity index (χ1n) is 12.8. The number of amides is 2. The maximum Gasteiger partial charge on any atom is 0.265 e. The molecule has 3 aromatic carbocycles. The normalized spacial score (nSPS) is 15.4. The fraction of sp³-hybridized carbons (Fsp3) is 0.156. The summed E-state index contributed by atoms with van der Waals surface area (Å²) in [6.45, 7) is 5.31. The third kappa shape index (κ3) is 4.59. The van der Waals surface area contributed by atoms with Gasteiger partial charge in [-0.1, -0.05) is 85.0 Å². The Bertz CT molecular complexity index is 1640. The second kappa shape index (κ2) is 11.0. The first-order valence-corrected chi connectivity index (χ1v) is 13.2. The van der Waals surface area contributed by atoms with Crippen molar-refractivity contribution in [2.45, 2.75) is 20.4 Å². The van der Waals surface area contributed by atoms with Crippen LogP contribution < -0.4 is 5.35 Å². The fourth-order valence-corrected chi connectivity index (χ4v) is 5.40. The Labute approximate surface area is 227 Å². The van der Waals surface area contributed by atoms with E-state index in [1.54, 1.807) is 12.2 Å². The lowest BCUT2D eigenvalue weighted by atomic mass is 10.1. The predicted octanol–water partition coefficient (Wildman–Crippen LogP) is 5.38. The summed E-state index contributed by atoms with van der Waals surface area (Å²) < 4.78 is 2.35. The Kier molecular flexibility index (Phi) is 7.33. The summed E-state index contributed by atoms with van der Waals surface area (Å²) in [4.78, 5) is 28.5. The Balaban J connectivity index is 1.48. The van der Waals surface area contributed by atoms with Crippen molar-refractivity contribution < 1.29 is 9.59 Å². The van der Waals surface area contributed by atoms with Gasteiger partial charge in [0, 0.05) is 35.8 Å². The van der Waals surface area contributed by atoms with Crippen LogP contribution in [0, 0.1) is 0 Å². The van der Waals surface area contributed by atoms with Crippen LogP contribution in [0.2, 0.25) is 0 Å². The van der Waals surface area contributed by atoms with Crippen LogP contribution in [-0.4, -0.2) is 44.4 Å². The van der Waals surface area contributed by atoms with Gasteiger partial charge in [-0.25, -0.2) is 0 Å². The van der Waals surface area contributed by atoms with Crippen molar-refractivity contribution in [3.05, 3.63) is 114 Å². The number of likely N-dealkylation sites (N-methyl/N-ethyl adjacent to an activating group) is 2. The highest BCUT2D eigenvalue weighted by Crippen LogP contribution is 2.26. The van der Waals surface area contributed by atoms with Crippen LogP contribution in [0.5, 0.6) is 0 Å². The Morgan fingerprint density at radius 2 is 1.37 bits per heavy atom. The molecule has 1 aliphatic rings. The van der Waals surface area contributed by atoms with E-state index in [2.05, 4.69) is 71.3 Å². The molecule has 0 saturated carbocycles. The zero-order valence-corrected chi connectivity index (χ0v) is 22.3. The number of allylic oxidation sites excluding steroid dienone is 5. The Morgan fingerprint density at radius 3 is 2.03 bits per heavy atom. The lowest BCUT2D eigenvalue weighted by molar-refractivity contribution is -0.133. The van der Waals surface area contributed by atoms with Crippen LogP contribution in [-0.2, 0) is 16.1 Å². The quantitative estimate of drug-likeness (QED) is 0.143. The summed E-state index contributed by atoms with van der Waals surface area (Å²) in [5.41, 5.74) is 2.56. The number of carbonyl (C=O) groups excluding carboxylic acids is 2. The predicted molar refractivity (Wildman–Crippen MR) is 158 cm³/mol. The molecule has 5 nitrogen and oxygen atoms in total. The summed E-state index contributed by atoms with van der Waals surface area (Å²) in [6, 6.07) is 23.3. The second-order valence-corrected chi connectivity index (χ2v) is 9.40. The number of hydrogen-bond donors (Lipinski definition) is 0. The van der Waals surface area contributed by atoms with Crippen LogP contribution in [0.15, 0.2) is 103 Å². The summed E-state index contributed by atoms with van der Waals surface area (Å²) in [7, 11) is 0. The molecular formula is C32H29N3O2S. The zero-order chi connectivity index (χ0) is 26.6. The average Bonchev–Trinajstić information content (AvgIpc) is 3.23. The first-order chi connectivity index (χ1) is 18.5. The van der Waals surface area contributed by atoms with Gasteiger partial charge in [0.15, 0.2) is 5.11 Å². The molecule has 0 radical (unpaired) electrons. The largest absolute Gasteiger partial charge is 0.336 e. The minimum Gasteiger partial charge on any atom is -0.336 e. The van der Waals surface area contributed by atoms with Crippen molar-refractivity contribution in [1.82, 2.24) is 14.4 Å². The number of hydrogen-bond acceptors (Lipinski definition) is 3. The molecule has 38 heavy (non-hydrogen) atoms. The molecule has 0 unspecified atom stereocenters. The van der Waals surface area contributed by atoms with Gasteiger partial charge in [-0.05, 0) is 55.2 Å². The molecule has 190 valence electrons. The number of thiocarbonyl (C=S) groups is 1. The van der Waals surface area contributed by atoms with Crippen LogP contribution in [0.25, 0.3) is 27.8 Å². The molecule has 0 aliphatic carbocycles. The maximum atomic E-state index is 12.8. The lowest BCUT2D eigenvalue weighted by Crippen LogP contribution is -2.55. The van der Waals surface area contributed by atoms with Gasteiger partial charge in [0.2, 0.25) is 0 Å². The van der Waals surface area contributed by atoms with Crippen molar-refractivity contribution in [3.8, 4) is 0 Å². The van der Waals surface area contributed by atoms with Crippen molar-refractivity contribution in [2.75, 3.05) is 13.1 Å². The van der Waals surface area contributed by atoms with Crippen LogP contribution in [0.1, 0.15) is 19.4 Å². The topological polar surface area (TPSA) is 45.6 Å². The van der Waals surface area contributed by atoms with Gasteiger partial charge < -0.3 is 4.57 Å². The molecule has 0 N–H and O–H groups in total. The molecule has 5 rings (SSSR count). The minimum atomic E-state index is -0.351. The van der Waals surface area contributed by atoms with E-state index in [-0.39, 0.29) is 22.5 Å². The smallest absolute Gasteiger partial charge is 0.265 e. The van der Waals surface area contributed by atoms with Crippen LogP contribution in [0.3, 0.4) is 0 Å². The second-order valence-electron chi connectivity index (χ2n) is 9.04. The zero-order valence-electron chi connectivity index (χ0n) is 21.5. The van der Waals surface area contributed by atoms with Crippen molar-refractivity contribution in [2.24, 2.45) is 0 Å². The van der Waals surface area contributed by atoms with Crippen molar-refractivity contribution >= 4 is 56.9 Å². The van der Waals surface area contributed by atoms with Gasteiger partial charge in [-0.15, -0.1) is 0 Å². The van der Waals surface area contributed by atoms with E-state index >= 15 is 0 Å². The van der Waals surface area contributed by atoms with E-state index in [0.717, 1.165) is 11.9 Å². The van der Waals surface area contributed by atoms with E-state index in [0.29, 0.717) is 13.1 Å². The summed E-state index contributed by atoms with van der Waals surface area (Å²) in [5, 5.41) is 5.09. The van der Waals surface area contributed by atoms with E-state index in [1.807, 2.05) is 38.1 Å². The highest BCUT2D eigenvalue weighted by molar-refractivity contribution is 7.80. The molecular weight excluding hydrogens is 490 g/mol. The summed E-state index contributed by atoms with van der Waals surface area (Å²) >= 11 is 5.32. The monoisotopic (exact) mass is 519 g/mol. The number of rotatable bonds is 7. The molecule has 0 spiro atoms. The van der Waals surface area contributed by atoms with Gasteiger partial charge in [0.1, 0.15) is 5.57 Å². The highest BCUT2D eigenvalue weighted by Gasteiger charge is 2.37. The molecule has 2 amide bonds. The van der Waals surface area contributed by atoms with Gasteiger partial charge in [-0.3, -0.25) is 19.4 Å². The molecule has 6 heteroatoms. The molecule has 4 aromatic rings. The SMILES string of the molecule is CCN1C(=O)C(=C/C=C/C=C/C=c2\c3cccc4cccc(c43)n2Cc2ccccc2)C(=O)N(CC)C1=S. The van der Waals surface area contributed by atoms with Crippen LogP contribution in [0.4, 0.5) is 0 Å². The average molecular weight is 520 g/mol. The fourth-order valence-electron chi connectivity index (χ4n) is 4.98. The minimum absolute atomic E-state index is 0.122. The summed E-state index contributed by atoms with van der Waals surface area (Å²) in [5.74, 6) is -0.701. The maximum absolute atomic E-state index is 12.8. The third-order valence-electron chi connectivity index (χ3n) is 6.82. The lowest BCUT2D eigenvalue weighted by Gasteiger charge is -2.35. The molecule has 1 aromatic heterocycles. The summed E-state index contributed by atoms with van der Waals surface area (Å²) in [6.07, 6.45) is 11.1. The van der Waals surface area contributed by atoms with Crippen LogP contribution >= 0.6 is 12.2 Å². The van der Waals surface area contributed by atoms with Gasteiger partial charge in [-0.2, -0.15) is 0 Å². The van der Waals surface area contributed by atoms with Gasteiger partial charge in [0.25, 0.3) is 11.8 Å². The third-order valence-corrected chi connectivity index (χ3v) is 7.26. The van der Waals surface area contributed by atoms with E-state index in [1.165, 1.54) is 37.0 Å². The Morgan fingerprint density at radius 1 is 0.737 bits per heavy atom. The standard InChI is InChI=1S/C32H29N3O2S/c1-3-33-30(36)26(31(37)34(4-2)32(33)38)18-10-5-6-11-20-27-25-19-12-16-24-17-13-21-28(29(24)25)35(27)22-23-14-8-7-9-15-23/h5-21H,3-4,22H2,1-2H3/b10-5+,11-6+,27-20+. The van der Waals surface area contributed by atoms with E-state index in [9.17, 15) is 9.59 Å². The van der Waals surface area contributed by atoms with E-state index < -0.39 is 0 Å². The van der Waals surface area contributed by atoms with E-state index in [4.69, 9.17) is 12.2 Å². The molecule has 2 heterocycles. The molecule has 0 bridgehead atoms. The van der Waals surface area contributed by atoms with Crippen molar-refractivity contribution in [3.63, 3.8) is 0 Å².